The number of fused-ring (bicyclic) bond motifs is 8. The molecule has 0 radical (unpaired) electrons. The van der Waals surface area contributed by atoms with Crippen molar-refractivity contribution in [1.29, 1.82) is 0 Å². The molecule has 0 fully saturated rings. The van der Waals surface area contributed by atoms with E-state index in [1.165, 1.54) is 43.6 Å². The molecule has 0 spiro atoms. The van der Waals surface area contributed by atoms with E-state index in [4.69, 9.17) is 9.97 Å². The Labute approximate surface area is 543 Å². The van der Waals surface area contributed by atoms with E-state index in [0.29, 0.717) is 0 Å². The normalized spacial score (nSPS) is 11.6. The molecule has 6 heterocycles. The number of benzene rings is 12. The fraction of sp³-hybridized carbons (Fsp3) is 0. The maximum atomic E-state index is 5.21. The standard InChI is InChI=1S/C86H58N8/c1-3-19-63(20-4-1)85-83(87-81-31-15-17-57-89(81)85)61-37-45-67(46-38-61)91(69-49-53-71(54-50-69)93-77-27-11-7-23-73(77)74-24-8-12-28-78(74)93)65-41-33-59(34-42-65)60-35-43-66(44-36-60)92(70-51-55-72(56-52-70)94-79-29-13-9-25-75(79)76-26-10-14-30-80(76)94)68-47-39-62(40-48-68)84-86(64-21-5-2-6-22-64)90-58-18-16-32-82(90)88-84/h1-58H. The van der Waals surface area contributed by atoms with Gasteiger partial charge in [0.05, 0.1) is 44.8 Å². The molecule has 0 N–H and O–H groups in total. The van der Waals surface area contributed by atoms with E-state index >= 15 is 0 Å². The lowest BCUT2D eigenvalue weighted by Crippen LogP contribution is -2.10. The zero-order valence-electron chi connectivity index (χ0n) is 51.1. The van der Waals surface area contributed by atoms with Crippen LogP contribution in [0, 0.1) is 0 Å². The Hall–Kier alpha value is -12.8. The van der Waals surface area contributed by atoms with Crippen LogP contribution >= 0.6 is 0 Å². The zero-order chi connectivity index (χ0) is 62.1. The predicted octanol–water partition coefficient (Wildman–Crippen LogP) is 22.5. The molecular formula is C86H58N8. The molecule has 442 valence electrons. The molecule has 94 heavy (non-hydrogen) atoms. The van der Waals surface area contributed by atoms with E-state index in [1.807, 2.05) is 12.1 Å². The number of hydrogen-bond acceptors (Lipinski definition) is 4. The van der Waals surface area contributed by atoms with Crippen molar-refractivity contribution in [1.82, 2.24) is 27.9 Å². The molecule has 0 aliphatic carbocycles. The van der Waals surface area contributed by atoms with Gasteiger partial charge >= 0.3 is 0 Å². The van der Waals surface area contributed by atoms with Crippen molar-refractivity contribution in [3.05, 3.63) is 352 Å². The lowest BCUT2D eigenvalue weighted by Gasteiger charge is -2.27. The van der Waals surface area contributed by atoms with Crippen LogP contribution in [-0.4, -0.2) is 27.9 Å². The van der Waals surface area contributed by atoms with E-state index in [0.717, 1.165) is 113 Å². The number of para-hydroxylation sites is 4. The Kier molecular flexibility index (Phi) is 13.0. The highest BCUT2D eigenvalue weighted by atomic mass is 15.2. The number of imidazole rings is 2. The van der Waals surface area contributed by atoms with Gasteiger partial charge in [0.1, 0.15) is 11.3 Å². The highest BCUT2D eigenvalue weighted by Crippen LogP contribution is 2.43. The SMILES string of the molecule is c1ccc(-c2c(-c3ccc(N(c4ccc(-c5ccc(N(c6ccc(-c7nc8ccccn8c7-c7ccccc7)cc6)c6ccc(-n7c8ccccc8c8ccccc87)cc6)cc5)cc4)c4ccc(-n5c6ccccc6c6ccccc65)cc4)cc3)nc3ccccn23)cc1. The number of anilines is 6. The van der Waals surface area contributed by atoms with Gasteiger partial charge in [0, 0.05) is 102 Å². The van der Waals surface area contributed by atoms with E-state index in [2.05, 4.69) is 368 Å². The highest BCUT2D eigenvalue weighted by molar-refractivity contribution is 6.10. The Morgan fingerprint density at radius 1 is 0.213 bits per heavy atom. The number of rotatable bonds is 13. The average Bonchev–Trinajstić information content (AvgIpc) is 1.48. The summed E-state index contributed by atoms with van der Waals surface area (Å²) in [7, 11) is 0. The van der Waals surface area contributed by atoms with Crippen LogP contribution in [0.3, 0.4) is 0 Å². The summed E-state index contributed by atoms with van der Waals surface area (Å²) >= 11 is 0. The van der Waals surface area contributed by atoms with Gasteiger partial charge in [-0.1, -0.05) is 194 Å². The maximum absolute atomic E-state index is 5.21. The van der Waals surface area contributed by atoms with Crippen molar-refractivity contribution in [3.63, 3.8) is 0 Å². The zero-order valence-corrected chi connectivity index (χ0v) is 51.1. The quantitative estimate of drug-likeness (QED) is 0.115. The van der Waals surface area contributed by atoms with Gasteiger partial charge < -0.3 is 18.9 Å². The Balaban J connectivity index is 0.708. The molecule has 0 saturated heterocycles. The minimum absolute atomic E-state index is 0.905. The molecule has 12 aromatic carbocycles. The fourth-order valence-electron chi connectivity index (χ4n) is 14.1. The van der Waals surface area contributed by atoms with Crippen LogP contribution in [-0.2, 0) is 0 Å². The monoisotopic (exact) mass is 1200 g/mol. The molecule has 8 heteroatoms. The summed E-state index contributed by atoms with van der Waals surface area (Å²) in [6.45, 7) is 0. The first-order valence-electron chi connectivity index (χ1n) is 31.9. The van der Waals surface area contributed by atoms with Crippen molar-refractivity contribution in [2.75, 3.05) is 9.80 Å². The molecule has 6 aromatic heterocycles. The Morgan fingerprint density at radius 3 is 0.798 bits per heavy atom. The maximum Gasteiger partial charge on any atom is 0.137 e. The summed E-state index contributed by atoms with van der Waals surface area (Å²) in [6.07, 6.45) is 4.19. The van der Waals surface area contributed by atoms with Crippen molar-refractivity contribution in [2.45, 2.75) is 0 Å². The van der Waals surface area contributed by atoms with Crippen LogP contribution in [0.2, 0.25) is 0 Å². The van der Waals surface area contributed by atoms with Gasteiger partial charge in [-0.3, -0.25) is 8.80 Å². The lowest BCUT2D eigenvalue weighted by molar-refractivity contribution is 1.17. The third-order valence-corrected chi connectivity index (χ3v) is 18.4. The molecule has 18 aromatic rings. The molecule has 0 unspecified atom stereocenters. The molecular weight excluding hydrogens is 1150 g/mol. The number of aromatic nitrogens is 6. The molecule has 8 nitrogen and oxygen atoms in total. The average molecular weight is 1200 g/mol. The second kappa shape index (κ2) is 22.6. The topological polar surface area (TPSA) is 50.9 Å². The summed E-state index contributed by atoms with van der Waals surface area (Å²) in [5.74, 6) is 0. The molecule has 0 atom stereocenters. The third kappa shape index (κ3) is 9.22. The van der Waals surface area contributed by atoms with Gasteiger partial charge in [0.2, 0.25) is 0 Å². The highest BCUT2D eigenvalue weighted by Gasteiger charge is 2.22. The van der Waals surface area contributed by atoms with Gasteiger partial charge in [-0.25, -0.2) is 9.97 Å². The van der Waals surface area contributed by atoms with E-state index in [-0.39, 0.29) is 0 Å². The summed E-state index contributed by atoms with van der Waals surface area (Å²) in [5, 5.41) is 4.95. The fourth-order valence-corrected chi connectivity index (χ4v) is 14.1. The van der Waals surface area contributed by atoms with Crippen LogP contribution in [0.15, 0.2) is 352 Å². The summed E-state index contributed by atoms with van der Waals surface area (Å²) < 4.78 is 9.12. The van der Waals surface area contributed by atoms with Crippen LogP contribution in [0.25, 0.3) is 122 Å². The van der Waals surface area contributed by atoms with Crippen LogP contribution in [0.4, 0.5) is 34.1 Å². The van der Waals surface area contributed by atoms with Gasteiger partial charge in [0.15, 0.2) is 0 Å². The molecule has 0 amide bonds. The minimum atomic E-state index is 0.905. The predicted molar refractivity (Wildman–Crippen MR) is 389 cm³/mol. The Bertz CT molecular complexity index is 5340. The number of hydrogen-bond donors (Lipinski definition) is 0. The summed E-state index contributed by atoms with van der Waals surface area (Å²) in [5.41, 5.74) is 25.5. The minimum Gasteiger partial charge on any atom is -0.311 e. The van der Waals surface area contributed by atoms with Gasteiger partial charge in [-0.05, 0) is 157 Å². The van der Waals surface area contributed by atoms with Crippen LogP contribution in [0.1, 0.15) is 0 Å². The van der Waals surface area contributed by atoms with Crippen LogP contribution < -0.4 is 9.80 Å². The molecule has 0 saturated carbocycles. The van der Waals surface area contributed by atoms with E-state index < -0.39 is 0 Å². The Morgan fingerprint density at radius 2 is 0.479 bits per heavy atom. The van der Waals surface area contributed by atoms with Crippen LogP contribution in [0.5, 0.6) is 0 Å². The van der Waals surface area contributed by atoms with Crippen molar-refractivity contribution in [2.24, 2.45) is 0 Å². The second-order valence-electron chi connectivity index (χ2n) is 23.8. The molecule has 0 bridgehead atoms. The van der Waals surface area contributed by atoms with Gasteiger partial charge in [-0.2, -0.15) is 0 Å². The van der Waals surface area contributed by atoms with Crippen molar-refractivity contribution >= 4 is 89.0 Å². The first-order valence-corrected chi connectivity index (χ1v) is 31.9. The third-order valence-electron chi connectivity index (χ3n) is 18.4. The second-order valence-corrected chi connectivity index (χ2v) is 23.8. The molecule has 0 aliphatic rings. The first kappa shape index (κ1) is 54.2. The lowest BCUT2D eigenvalue weighted by atomic mass is 10.0. The molecule has 0 aliphatic heterocycles. The van der Waals surface area contributed by atoms with Gasteiger partial charge in [0.25, 0.3) is 0 Å². The van der Waals surface area contributed by atoms with Gasteiger partial charge in [-0.15, -0.1) is 0 Å². The van der Waals surface area contributed by atoms with Crippen molar-refractivity contribution < 1.29 is 0 Å². The number of nitrogens with zero attached hydrogens (tertiary/aromatic N) is 8. The van der Waals surface area contributed by atoms with E-state index in [1.54, 1.807) is 0 Å². The van der Waals surface area contributed by atoms with Crippen molar-refractivity contribution in [3.8, 4) is 67.5 Å². The summed E-state index contributed by atoms with van der Waals surface area (Å²) in [4.78, 5) is 15.1. The number of pyridine rings is 2. The molecule has 18 rings (SSSR count). The first-order chi connectivity index (χ1) is 46.6. The smallest absolute Gasteiger partial charge is 0.137 e. The van der Waals surface area contributed by atoms with E-state index in [9.17, 15) is 0 Å². The largest absolute Gasteiger partial charge is 0.311 e. The summed E-state index contributed by atoms with van der Waals surface area (Å²) in [6, 6.07) is 122.